The van der Waals surface area contributed by atoms with Crippen molar-refractivity contribution in [2.45, 2.75) is 88.5 Å². The van der Waals surface area contributed by atoms with E-state index in [2.05, 4.69) is 45.9 Å². The van der Waals surface area contributed by atoms with Crippen LogP contribution >= 0.6 is 0 Å². The molecule has 0 heteroatoms. The zero-order valence-electron chi connectivity index (χ0n) is 14.9. The van der Waals surface area contributed by atoms with Gasteiger partial charge in [0.05, 0.1) is 0 Å². The van der Waals surface area contributed by atoms with E-state index in [0.29, 0.717) is 0 Å². The van der Waals surface area contributed by atoms with Crippen LogP contribution in [-0.4, -0.2) is 0 Å². The van der Waals surface area contributed by atoms with Crippen LogP contribution in [0.5, 0.6) is 0 Å². The van der Waals surface area contributed by atoms with Crippen LogP contribution in [0.15, 0.2) is 23.8 Å². The van der Waals surface area contributed by atoms with Gasteiger partial charge in [-0.05, 0) is 31.8 Å². The molecule has 0 saturated carbocycles. The molecule has 0 aromatic carbocycles. The summed E-state index contributed by atoms with van der Waals surface area (Å²) >= 11 is 0. The molecular formula is C18H40. The summed E-state index contributed by atoms with van der Waals surface area (Å²) in [6.07, 6.45) is 10.5. The predicted molar refractivity (Wildman–Crippen MR) is 91.3 cm³/mol. The predicted octanol–water partition coefficient (Wildman–Crippen LogP) is 7.41. The van der Waals surface area contributed by atoms with Crippen LogP contribution in [0.2, 0.25) is 0 Å². The second-order valence-electron chi connectivity index (χ2n) is 3.33. The van der Waals surface area contributed by atoms with Gasteiger partial charge in [-0.15, -0.1) is 0 Å². The van der Waals surface area contributed by atoms with Gasteiger partial charge in [0.25, 0.3) is 0 Å². The maximum Gasteiger partial charge on any atom is -0.0194 e. The first-order chi connectivity index (χ1) is 8.76. The van der Waals surface area contributed by atoms with Crippen LogP contribution in [0.1, 0.15) is 88.5 Å². The van der Waals surface area contributed by atoms with Crippen molar-refractivity contribution in [2.75, 3.05) is 0 Å². The molecule has 0 aliphatic heterocycles. The van der Waals surface area contributed by atoms with Gasteiger partial charge in [-0.3, -0.25) is 0 Å². The summed E-state index contributed by atoms with van der Waals surface area (Å²) in [4.78, 5) is 0. The molecule has 0 fully saturated rings. The van der Waals surface area contributed by atoms with Gasteiger partial charge >= 0.3 is 0 Å². The summed E-state index contributed by atoms with van der Waals surface area (Å²) in [6, 6.07) is 0. The number of unbranched alkanes of at least 4 members (excludes halogenated alkanes) is 1. The molecule has 0 aliphatic carbocycles. The van der Waals surface area contributed by atoms with Crippen molar-refractivity contribution in [2.24, 2.45) is 5.92 Å². The van der Waals surface area contributed by atoms with Crippen molar-refractivity contribution in [1.82, 2.24) is 0 Å². The molecule has 0 N–H and O–H groups in total. The minimum Gasteiger partial charge on any atom is -0.0874 e. The van der Waals surface area contributed by atoms with Crippen LogP contribution in [0, 0.1) is 5.92 Å². The van der Waals surface area contributed by atoms with Crippen LogP contribution in [0.25, 0.3) is 0 Å². The first-order valence-corrected chi connectivity index (χ1v) is 8.05. The standard InChI is InChI=1S/C12H22.3C2H6/c1-5-8-10-11(4)12(7-3)9-6-2;3*1-2/h6-7,9,11H,5,8,10H2,1-4H3;3*1-2H3/b9-6-,12-7+;;;. The Hall–Kier alpha value is -0.520. The van der Waals surface area contributed by atoms with Crippen LogP contribution in [0.4, 0.5) is 0 Å². The van der Waals surface area contributed by atoms with Crippen molar-refractivity contribution in [1.29, 1.82) is 0 Å². The van der Waals surface area contributed by atoms with E-state index in [0.717, 1.165) is 5.92 Å². The van der Waals surface area contributed by atoms with E-state index in [1.807, 2.05) is 41.5 Å². The fourth-order valence-electron chi connectivity index (χ4n) is 1.41. The van der Waals surface area contributed by atoms with Crippen molar-refractivity contribution >= 4 is 0 Å². The molecule has 1 atom stereocenters. The molecule has 0 aromatic rings. The average Bonchev–Trinajstić information content (AvgIpc) is 2.48. The van der Waals surface area contributed by atoms with E-state index in [4.69, 9.17) is 0 Å². The van der Waals surface area contributed by atoms with Gasteiger partial charge in [0.15, 0.2) is 0 Å². The topological polar surface area (TPSA) is 0 Å². The molecule has 0 saturated heterocycles. The zero-order chi connectivity index (χ0) is 15.4. The van der Waals surface area contributed by atoms with Gasteiger partial charge in [0, 0.05) is 0 Å². The molecule has 0 heterocycles. The average molecular weight is 257 g/mol. The lowest BCUT2D eigenvalue weighted by molar-refractivity contribution is 0.580. The molecular weight excluding hydrogens is 216 g/mol. The highest BCUT2D eigenvalue weighted by molar-refractivity contribution is 5.19. The first-order valence-electron chi connectivity index (χ1n) is 8.05. The number of allylic oxidation sites excluding steroid dienone is 4. The van der Waals surface area contributed by atoms with E-state index < -0.39 is 0 Å². The van der Waals surface area contributed by atoms with Crippen molar-refractivity contribution in [3.8, 4) is 0 Å². The van der Waals surface area contributed by atoms with Crippen molar-refractivity contribution < 1.29 is 0 Å². The Bertz CT molecular complexity index is 151. The Labute approximate surface area is 119 Å². The second kappa shape index (κ2) is 30.0. The van der Waals surface area contributed by atoms with E-state index in [1.165, 1.54) is 24.8 Å². The minimum atomic E-state index is 0.728. The first kappa shape index (κ1) is 26.1. The summed E-state index contributed by atoms with van der Waals surface area (Å²) in [5, 5.41) is 0. The van der Waals surface area contributed by atoms with Gasteiger partial charge in [-0.25, -0.2) is 0 Å². The molecule has 0 spiro atoms. The summed E-state index contributed by atoms with van der Waals surface area (Å²) in [5.74, 6) is 0.728. The van der Waals surface area contributed by atoms with Crippen LogP contribution in [-0.2, 0) is 0 Å². The second-order valence-corrected chi connectivity index (χ2v) is 3.33. The largest absolute Gasteiger partial charge is 0.0874 e. The molecule has 0 aliphatic rings. The third-order valence-electron chi connectivity index (χ3n) is 2.25. The summed E-state index contributed by atoms with van der Waals surface area (Å²) in [5.41, 5.74) is 1.48. The van der Waals surface area contributed by atoms with Crippen LogP contribution in [0.3, 0.4) is 0 Å². The van der Waals surface area contributed by atoms with E-state index in [9.17, 15) is 0 Å². The molecule has 112 valence electrons. The Morgan fingerprint density at radius 3 is 1.67 bits per heavy atom. The van der Waals surface area contributed by atoms with Gasteiger partial charge < -0.3 is 0 Å². The highest BCUT2D eigenvalue weighted by atomic mass is 14.1. The maximum atomic E-state index is 2.31. The Morgan fingerprint density at radius 2 is 1.39 bits per heavy atom. The van der Waals surface area contributed by atoms with Gasteiger partial charge in [-0.2, -0.15) is 0 Å². The highest BCUT2D eigenvalue weighted by Gasteiger charge is 2.03. The van der Waals surface area contributed by atoms with E-state index in [1.54, 1.807) is 0 Å². The molecule has 0 bridgehead atoms. The SMILES string of the molecule is C/C=C\C(=C/C)C(C)CCCC.CC.CC.CC. The minimum absolute atomic E-state index is 0.728. The highest BCUT2D eigenvalue weighted by Crippen LogP contribution is 2.18. The molecule has 0 nitrogen and oxygen atoms in total. The zero-order valence-corrected chi connectivity index (χ0v) is 14.9. The van der Waals surface area contributed by atoms with E-state index in [-0.39, 0.29) is 0 Å². The Morgan fingerprint density at radius 1 is 0.944 bits per heavy atom. The van der Waals surface area contributed by atoms with Crippen molar-refractivity contribution in [3.05, 3.63) is 23.8 Å². The fourth-order valence-corrected chi connectivity index (χ4v) is 1.41. The summed E-state index contributed by atoms with van der Waals surface area (Å²) in [7, 11) is 0. The number of hydrogen-bond donors (Lipinski definition) is 0. The lowest BCUT2D eigenvalue weighted by Gasteiger charge is -2.11. The molecule has 0 aromatic heterocycles. The van der Waals surface area contributed by atoms with Gasteiger partial charge in [0.1, 0.15) is 0 Å². The van der Waals surface area contributed by atoms with E-state index >= 15 is 0 Å². The monoisotopic (exact) mass is 256 g/mol. The van der Waals surface area contributed by atoms with Gasteiger partial charge in [-0.1, -0.05) is 86.5 Å². The Balaban J connectivity index is -0.000000141. The molecule has 0 amide bonds. The fraction of sp³-hybridized carbons (Fsp3) is 0.778. The third-order valence-corrected chi connectivity index (χ3v) is 2.25. The molecule has 0 rings (SSSR count). The maximum absolute atomic E-state index is 2.31. The smallest absolute Gasteiger partial charge is 0.0194 e. The van der Waals surface area contributed by atoms with Crippen LogP contribution < -0.4 is 0 Å². The molecule has 0 radical (unpaired) electrons. The quantitative estimate of drug-likeness (QED) is 0.449. The molecule has 18 heavy (non-hydrogen) atoms. The summed E-state index contributed by atoms with van der Waals surface area (Å²) < 4.78 is 0. The third kappa shape index (κ3) is 20.8. The lowest BCUT2D eigenvalue weighted by Crippen LogP contribution is -1.96. The lowest BCUT2D eigenvalue weighted by atomic mass is 9.95. The van der Waals surface area contributed by atoms with Crippen molar-refractivity contribution in [3.63, 3.8) is 0 Å². The number of rotatable bonds is 5. The van der Waals surface area contributed by atoms with Gasteiger partial charge in [0.2, 0.25) is 0 Å². The molecule has 1 unspecified atom stereocenters. The summed E-state index contributed by atoms with van der Waals surface area (Å²) in [6.45, 7) is 20.8. The number of hydrogen-bond acceptors (Lipinski definition) is 0. The normalized spacial score (nSPS) is 11.3. The Kier molecular flexibility index (Phi) is 43.5.